The molecule has 1 heterocycles. The summed E-state index contributed by atoms with van der Waals surface area (Å²) in [5.74, 6) is 0.501. The SMILES string of the molecule is Cc1ccnc(-c2ccc(C3=c4ccccc4=C(c4ccc(C5=CC=CCC5)c5ccccc45)C4C=CC=CC34)cc2)c1. The Morgan fingerprint density at radius 2 is 1.28 bits per heavy atom. The molecule has 43 heavy (non-hydrogen) atoms. The van der Waals surface area contributed by atoms with Crippen LogP contribution >= 0.6 is 0 Å². The first-order valence-electron chi connectivity index (χ1n) is 15.4. The number of rotatable bonds is 4. The standard InChI is InChI=1S/C42H33N/c1-28-25-26-43-40(27-28)30-19-21-31(22-20-30)41-35-15-7-9-17-37(35)42(38-18-10-8-16-36(38)41)39-24-23-32(29-11-3-2-4-12-29)33-13-5-6-14-34(33)39/h2-3,5-11,13-27,35,37H,4,12H2,1H3. The van der Waals surface area contributed by atoms with Crippen molar-refractivity contribution in [2.24, 2.45) is 11.8 Å². The largest absolute Gasteiger partial charge is 0.256 e. The van der Waals surface area contributed by atoms with Crippen LogP contribution < -0.4 is 10.4 Å². The van der Waals surface area contributed by atoms with E-state index in [1.54, 1.807) is 0 Å². The smallest absolute Gasteiger partial charge is 0.0704 e. The van der Waals surface area contributed by atoms with Crippen LogP contribution in [0.25, 0.3) is 38.7 Å². The van der Waals surface area contributed by atoms with E-state index in [4.69, 9.17) is 0 Å². The number of aryl methyl sites for hydroxylation is 1. The summed E-state index contributed by atoms with van der Waals surface area (Å²) >= 11 is 0. The monoisotopic (exact) mass is 551 g/mol. The topological polar surface area (TPSA) is 12.9 Å². The van der Waals surface area contributed by atoms with Crippen LogP contribution in [0, 0.1) is 18.8 Å². The fourth-order valence-corrected chi connectivity index (χ4v) is 7.30. The van der Waals surface area contributed by atoms with E-state index in [1.165, 1.54) is 60.2 Å². The summed E-state index contributed by atoms with van der Waals surface area (Å²) in [6.07, 6.45) is 20.1. The van der Waals surface area contributed by atoms with Gasteiger partial charge in [0.15, 0.2) is 0 Å². The Bertz CT molecular complexity index is 2140. The Balaban J connectivity index is 1.37. The van der Waals surface area contributed by atoms with Crippen LogP contribution in [0.3, 0.4) is 0 Å². The van der Waals surface area contributed by atoms with E-state index in [-0.39, 0.29) is 11.8 Å². The van der Waals surface area contributed by atoms with Gasteiger partial charge in [-0.2, -0.15) is 0 Å². The summed E-state index contributed by atoms with van der Waals surface area (Å²) in [7, 11) is 0. The van der Waals surface area contributed by atoms with E-state index >= 15 is 0 Å². The van der Waals surface area contributed by atoms with E-state index in [2.05, 4.69) is 145 Å². The molecule has 0 saturated heterocycles. The summed E-state index contributed by atoms with van der Waals surface area (Å²) in [4.78, 5) is 4.62. The van der Waals surface area contributed by atoms with Crippen LogP contribution in [0.1, 0.15) is 35.1 Å². The average molecular weight is 552 g/mol. The highest BCUT2D eigenvalue weighted by Crippen LogP contribution is 2.43. The molecule has 0 spiro atoms. The Kier molecular flexibility index (Phi) is 6.38. The van der Waals surface area contributed by atoms with Crippen molar-refractivity contribution in [2.45, 2.75) is 19.8 Å². The summed E-state index contributed by atoms with van der Waals surface area (Å²) in [5, 5.41) is 5.34. The third-order valence-electron chi connectivity index (χ3n) is 9.29. The Morgan fingerprint density at radius 1 is 0.628 bits per heavy atom. The van der Waals surface area contributed by atoms with E-state index in [9.17, 15) is 0 Å². The van der Waals surface area contributed by atoms with E-state index in [0.717, 1.165) is 24.1 Å². The molecule has 8 rings (SSSR count). The lowest BCUT2D eigenvalue weighted by Crippen LogP contribution is -2.40. The van der Waals surface area contributed by atoms with Crippen molar-refractivity contribution in [3.63, 3.8) is 0 Å². The Hall–Kier alpha value is -5.01. The van der Waals surface area contributed by atoms with Gasteiger partial charge in [-0.25, -0.2) is 0 Å². The van der Waals surface area contributed by atoms with Crippen molar-refractivity contribution in [1.82, 2.24) is 4.98 Å². The van der Waals surface area contributed by atoms with E-state index in [1.807, 2.05) is 12.3 Å². The van der Waals surface area contributed by atoms with Gasteiger partial charge >= 0.3 is 0 Å². The quantitative estimate of drug-likeness (QED) is 0.218. The van der Waals surface area contributed by atoms with Crippen LogP contribution in [0.4, 0.5) is 0 Å². The minimum Gasteiger partial charge on any atom is -0.256 e. The average Bonchev–Trinajstić information content (AvgIpc) is 3.07. The second kappa shape index (κ2) is 10.7. The fraction of sp³-hybridized carbons (Fsp3) is 0.119. The van der Waals surface area contributed by atoms with Gasteiger partial charge in [-0.05, 0) is 92.1 Å². The van der Waals surface area contributed by atoms with Gasteiger partial charge in [0.25, 0.3) is 0 Å². The molecule has 3 aliphatic rings. The molecular weight excluding hydrogens is 518 g/mol. The molecule has 0 fully saturated rings. The lowest BCUT2D eigenvalue weighted by Gasteiger charge is -2.34. The van der Waals surface area contributed by atoms with Crippen molar-refractivity contribution >= 4 is 27.5 Å². The van der Waals surface area contributed by atoms with Gasteiger partial charge in [0.2, 0.25) is 0 Å². The molecule has 1 aromatic heterocycles. The summed E-state index contributed by atoms with van der Waals surface area (Å²) < 4.78 is 0. The van der Waals surface area contributed by atoms with Crippen molar-refractivity contribution in [1.29, 1.82) is 0 Å². The molecule has 2 atom stereocenters. The molecular formula is C42H33N. The minimum absolute atomic E-state index is 0.249. The maximum atomic E-state index is 4.62. The normalized spacial score (nSPS) is 18.9. The summed E-state index contributed by atoms with van der Waals surface area (Å²) in [5.41, 5.74) is 11.6. The maximum absolute atomic E-state index is 4.62. The van der Waals surface area contributed by atoms with Gasteiger partial charge in [-0.15, -0.1) is 0 Å². The second-order valence-corrected chi connectivity index (χ2v) is 11.9. The van der Waals surface area contributed by atoms with Crippen LogP contribution in [-0.4, -0.2) is 4.98 Å². The number of aromatic nitrogens is 1. The lowest BCUT2D eigenvalue weighted by atomic mass is 9.69. The third kappa shape index (κ3) is 4.44. The van der Waals surface area contributed by atoms with Gasteiger partial charge in [0.1, 0.15) is 0 Å². The number of benzene rings is 4. The predicted octanol–water partition coefficient (Wildman–Crippen LogP) is 8.71. The molecule has 0 N–H and O–H groups in total. The number of hydrogen-bond donors (Lipinski definition) is 0. The number of fused-ring (bicyclic) bond motifs is 3. The van der Waals surface area contributed by atoms with Crippen LogP contribution in [-0.2, 0) is 0 Å². The second-order valence-electron chi connectivity index (χ2n) is 11.9. The van der Waals surface area contributed by atoms with Crippen molar-refractivity contribution in [3.8, 4) is 11.3 Å². The highest BCUT2D eigenvalue weighted by Gasteiger charge is 2.32. The van der Waals surface area contributed by atoms with Crippen molar-refractivity contribution in [2.75, 3.05) is 0 Å². The Labute approximate surface area is 253 Å². The molecule has 0 saturated carbocycles. The molecule has 4 aromatic carbocycles. The van der Waals surface area contributed by atoms with Crippen molar-refractivity contribution < 1.29 is 0 Å². The van der Waals surface area contributed by atoms with Gasteiger partial charge < -0.3 is 0 Å². The number of hydrogen-bond acceptors (Lipinski definition) is 1. The van der Waals surface area contributed by atoms with Crippen molar-refractivity contribution in [3.05, 3.63) is 178 Å². The third-order valence-corrected chi connectivity index (χ3v) is 9.29. The Morgan fingerprint density at radius 3 is 2.00 bits per heavy atom. The molecule has 0 aliphatic heterocycles. The zero-order valence-corrected chi connectivity index (χ0v) is 24.4. The summed E-state index contributed by atoms with van der Waals surface area (Å²) in [6.45, 7) is 2.12. The highest BCUT2D eigenvalue weighted by atomic mass is 14.7. The van der Waals surface area contributed by atoms with Gasteiger partial charge in [-0.1, -0.05) is 127 Å². The first-order valence-corrected chi connectivity index (χ1v) is 15.4. The van der Waals surface area contributed by atoms with Gasteiger partial charge in [0.05, 0.1) is 5.69 Å². The van der Waals surface area contributed by atoms with Crippen LogP contribution in [0.15, 0.2) is 146 Å². The first kappa shape index (κ1) is 25.7. The van der Waals surface area contributed by atoms with Crippen LogP contribution in [0.5, 0.6) is 0 Å². The maximum Gasteiger partial charge on any atom is 0.0704 e. The predicted molar refractivity (Wildman–Crippen MR) is 181 cm³/mol. The number of allylic oxidation sites excluding steroid dienone is 8. The number of pyridine rings is 1. The first-order chi connectivity index (χ1) is 21.3. The van der Waals surface area contributed by atoms with E-state index in [0.29, 0.717) is 0 Å². The summed E-state index contributed by atoms with van der Waals surface area (Å²) in [6, 6.07) is 36.0. The zero-order valence-electron chi connectivity index (χ0n) is 24.4. The molecule has 206 valence electrons. The molecule has 3 aliphatic carbocycles. The fourth-order valence-electron chi connectivity index (χ4n) is 7.30. The number of nitrogens with zero attached hydrogens (tertiary/aromatic N) is 1. The zero-order chi connectivity index (χ0) is 28.8. The highest BCUT2D eigenvalue weighted by molar-refractivity contribution is 6.02. The van der Waals surface area contributed by atoms with Gasteiger partial charge in [-0.3, -0.25) is 4.98 Å². The molecule has 2 unspecified atom stereocenters. The molecule has 0 amide bonds. The molecule has 1 heteroatoms. The lowest BCUT2D eigenvalue weighted by molar-refractivity contribution is 0.687. The molecule has 0 radical (unpaired) electrons. The molecule has 5 aromatic rings. The van der Waals surface area contributed by atoms with Gasteiger partial charge in [0, 0.05) is 23.6 Å². The van der Waals surface area contributed by atoms with Crippen LogP contribution in [0.2, 0.25) is 0 Å². The minimum atomic E-state index is 0.249. The molecule has 1 nitrogen and oxygen atoms in total. The van der Waals surface area contributed by atoms with E-state index < -0.39 is 0 Å². The molecule has 0 bridgehead atoms.